The summed E-state index contributed by atoms with van der Waals surface area (Å²) in [4.78, 5) is 4.34. The van der Waals surface area contributed by atoms with Gasteiger partial charge in [0.25, 0.3) is 0 Å². The second-order valence-electron chi connectivity index (χ2n) is 4.62. The Morgan fingerprint density at radius 3 is 2.65 bits per heavy atom. The Hall–Kier alpha value is -2.62. The summed E-state index contributed by atoms with van der Waals surface area (Å²) in [5, 5.41) is 5.33. The van der Waals surface area contributed by atoms with Crippen LogP contribution >= 0.6 is 0 Å². The Balaban J connectivity index is 1.85. The van der Waals surface area contributed by atoms with Crippen LogP contribution in [0.3, 0.4) is 0 Å². The third-order valence-corrected chi connectivity index (χ3v) is 3.16. The van der Waals surface area contributed by atoms with Crippen LogP contribution in [0, 0.1) is 5.82 Å². The number of anilines is 2. The molecule has 3 N–H and O–H groups in total. The fourth-order valence-electron chi connectivity index (χ4n) is 2.13. The minimum atomic E-state index is -0.229. The summed E-state index contributed by atoms with van der Waals surface area (Å²) in [6.07, 6.45) is 1.74. The number of nitrogens with two attached hydrogens (primary N) is 1. The van der Waals surface area contributed by atoms with Gasteiger partial charge in [0, 0.05) is 23.8 Å². The Morgan fingerprint density at radius 2 is 1.85 bits per heavy atom. The first-order valence-corrected chi connectivity index (χ1v) is 6.35. The van der Waals surface area contributed by atoms with Crippen LogP contribution in [-0.2, 0) is 6.54 Å². The molecular formula is C16H14FN3. The van der Waals surface area contributed by atoms with E-state index in [9.17, 15) is 4.39 Å². The van der Waals surface area contributed by atoms with Gasteiger partial charge in [-0.1, -0.05) is 12.1 Å². The summed E-state index contributed by atoms with van der Waals surface area (Å²) >= 11 is 0. The lowest BCUT2D eigenvalue weighted by molar-refractivity contribution is 0.627. The first kappa shape index (κ1) is 12.4. The predicted molar refractivity (Wildman–Crippen MR) is 79.9 cm³/mol. The second-order valence-corrected chi connectivity index (χ2v) is 4.62. The summed E-state index contributed by atoms with van der Waals surface area (Å²) < 4.78 is 12.9. The molecule has 3 rings (SSSR count). The zero-order chi connectivity index (χ0) is 13.9. The van der Waals surface area contributed by atoms with Gasteiger partial charge < -0.3 is 11.1 Å². The molecule has 2 aromatic carbocycles. The zero-order valence-corrected chi connectivity index (χ0v) is 10.8. The maximum absolute atomic E-state index is 12.9. The van der Waals surface area contributed by atoms with Crippen molar-refractivity contribution < 1.29 is 4.39 Å². The van der Waals surface area contributed by atoms with Crippen molar-refractivity contribution >= 4 is 22.3 Å². The van der Waals surface area contributed by atoms with Crippen molar-refractivity contribution in [2.24, 2.45) is 0 Å². The standard InChI is InChI=1S/C16H14FN3/c17-13-3-1-11(2-4-13)10-20-16-15-6-5-14(18)9-12(15)7-8-19-16/h1-9H,10,18H2,(H,19,20). The lowest BCUT2D eigenvalue weighted by Crippen LogP contribution is -2.02. The number of hydrogen-bond acceptors (Lipinski definition) is 3. The molecule has 3 aromatic rings. The summed E-state index contributed by atoms with van der Waals surface area (Å²) in [7, 11) is 0. The van der Waals surface area contributed by atoms with Crippen molar-refractivity contribution in [1.82, 2.24) is 4.98 Å². The number of pyridine rings is 1. The van der Waals surface area contributed by atoms with E-state index < -0.39 is 0 Å². The van der Waals surface area contributed by atoms with Crippen LogP contribution in [0.25, 0.3) is 10.8 Å². The monoisotopic (exact) mass is 267 g/mol. The highest BCUT2D eigenvalue weighted by molar-refractivity contribution is 5.93. The number of nitrogens with one attached hydrogen (secondary N) is 1. The molecule has 20 heavy (non-hydrogen) atoms. The third kappa shape index (κ3) is 2.54. The van der Waals surface area contributed by atoms with Crippen molar-refractivity contribution in [3.63, 3.8) is 0 Å². The Kier molecular flexibility index (Phi) is 3.21. The number of hydrogen-bond donors (Lipinski definition) is 2. The van der Waals surface area contributed by atoms with Crippen molar-refractivity contribution in [2.75, 3.05) is 11.1 Å². The molecule has 1 heterocycles. The van der Waals surface area contributed by atoms with E-state index in [0.29, 0.717) is 6.54 Å². The summed E-state index contributed by atoms with van der Waals surface area (Å²) in [5.74, 6) is 0.569. The number of nitrogen functional groups attached to an aromatic ring is 1. The highest BCUT2D eigenvalue weighted by Gasteiger charge is 2.02. The number of nitrogens with zero attached hydrogens (tertiary/aromatic N) is 1. The average Bonchev–Trinajstić information content (AvgIpc) is 2.46. The van der Waals surface area contributed by atoms with Gasteiger partial charge >= 0.3 is 0 Å². The molecule has 0 saturated heterocycles. The highest BCUT2D eigenvalue weighted by Crippen LogP contribution is 2.23. The van der Waals surface area contributed by atoms with Gasteiger partial charge in [-0.15, -0.1) is 0 Å². The summed E-state index contributed by atoms with van der Waals surface area (Å²) in [5.41, 5.74) is 7.51. The van der Waals surface area contributed by atoms with Crippen LogP contribution in [0.2, 0.25) is 0 Å². The van der Waals surface area contributed by atoms with Crippen LogP contribution in [0.4, 0.5) is 15.9 Å². The number of fused-ring (bicyclic) bond motifs is 1. The largest absolute Gasteiger partial charge is 0.399 e. The first-order chi connectivity index (χ1) is 9.72. The topological polar surface area (TPSA) is 50.9 Å². The fourth-order valence-corrected chi connectivity index (χ4v) is 2.13. The first-order valence-electron chi connectivity index (χ1n) is 6.35. The molecule has 0 bridgehead atoms. The van der Waals surface area contributed by atoms with Crippen molar-refractivity contribution in [1.29, 1.82) is 0 Å². The van der Waals surface area contributed by atoms with Gasteiger partial charge in [-0.05, 0) is 47.3 Å². The quantitative estimate of drug-likeness (QED) is 0.713. The molecule has 1 aromatic heterocycles. The van der Waals surface area contributed by atoms with Crippen LogP contribution in [0.1, 0.15) is 5.56 Å². The third-order valence-electron chi connectivity index (χ3n) is 3.16. The summed E-state index contributed by atoms with van der Waals surface area (Å²) in [6, 6.07) is 14.1. The van der Waals surface area contributed by atoms with Crippen molar-refractivity contribution in [3.8, 4) is 0 Å². The molecule has 0 fully saturated rings. The molecule has 0 atom stereocenters. The van der Waals surface area contributed by atoms with Gasteiger partial charge in [0.2, 0.25) is 0 Å². The van der Waals surface area contributed by atoms with Crippen molar-refractivity contribution in [2.45, 2.75) is 6.54 Å². The van der Waals surface area contributed by atoms with Gasteiger partial charge in [-0.25, -0.2) is 9.37 Å². The van der Waals surface area contributed by atoms with Crippen molar-refractivity contribution in [3.05, 3.63) is 66.1 Å². The molecule has 0 radical (unpaired) electrons. The zero-order valence-electron chi connectivity index (χ0n) is 10.8. The molecule has 0 saturated carbocycles. The molecular weight excluding hydrogens is 253 g/mol. The van der Waals surface area contributed by atoms with E-state index in [1.54, 1.807) is 18.3 Å². The normalized spacial score (nSPS) is 10.7. The Labute approximate surface area is 116 Å². The summed E-state index contributed by atoms with van der Waals surface area (Å²) in [6.45, 7) is 0.594. The number of aromatic nitrogens is 1. The van der Waals surface area contributed by atoms with E-state index in [1.807, 2.05) is 24.3 Å². The van der Waals surface area contributed by atoms with E-state index in [1.165, 1.54) is 12.1 Å². The lowest BCUT2D eigenvalue weighted by Gasteiger charge is -2.09. The Morgan fingerprint density at radius 1 is 1.05 bits per heavy atom. The number of rotatable bonds is 3. The average molecular weight is 267 g/mol. The molecule has 0 amide bonds. The molecule has 3 nitrogen and oxygen atoms in total. The molecule has 100 valence electrons. The van der Waals surface area contributed by atoms with Crippen LogP contribution in [0.5, 0.6) is 0 Å². The van der Waals surface area contributed by atoms with Gasteiger partial charge in [-0.2, -0.15) is 0 Å². The van der Waals surface area contributed by atoms with E-state index in [4.69, 9.17) is 5.73 Å². The predicted octanol–water partition coefficient (Wildman–Crippen LogP) is 3.57. The SMILES string of the molecule is Nc1ccc2c(NCc3ccc(F)cc3)nccc2c1. The highest BCUT2D eigenvalue weighted by atomic mass is 19.1. The van der Waals surface area contributed by atoms with E-state index >= 15 is 0 Å². The minimum absolute atomic E-state index is 0.229. The lowest BCUT2D eigenvalue weighted by atomic mass is 10.1. The fraction of sp³-hybridized carbons (Fsp3) is 0.0625. The van der Waals surface area contributed by atoms with Gasteiger partial charge in [0.05, 0.1) is 0 Å². The second kappa shape index (κ2) is 5.17. The maximum atomic E-state index is 12.9. The molecule has 0 unspecified atom stereocenters. The number of benzene rings is 2. The van der Waals surface area contributed by atoms with Crippen LogP contribution < -0.4 is 11.1 Å². The number of halogens is 1. The Bertz CT molecular complexity index is 738. The van der Waals surface area contributed by atoms with E-state index in [0.717, 1.165) is 27.8 Å². The maximum Gasteiger partial charge on any atom is 0.134 e. The smallest absolute Gasteiger partial charge is 0.134 e. The molecule has 0 spiro atoms. The van der Waals surface area contributed by atoms with Crippen LogP contribution in [-0.4, -0.2) is 4.98 Å². The van der Waals surface area contributed by atoms with Gasteiger partial charge in [0.1, 0.15) is 11.6 Å². The van der Waals surface area contributed by atoms with Gasteiger partial charge in [-0.3, -0.25) is 0 Å². The van der Waals surface area contributed by atoms with Crippen LogP contribution in [0.15, 0.2) is 54.7 Å². The van der Waals surface area contributed by atoms with E-state index in [2.05, 4.69) is 10.3 Å². The molecule has 0 aliphatic rings. The van der Waals surface area contributed by atoms with Gasteiger partial charge in [0.15, 0.2) is 0 Å². The molecule has 4 heteroatoms. The molecule has 0 aliphatic heterocycles. The minimum Gasteiger partial charge on any atom is -0.399 e. The van der Waals surface area contributed by atoms with E-state index in [-0.39, 0.29) is 5.82 Å². The molecule has 0 aliphatic carbocycles.